The number of aliphatic carboxylic acids is 1. The number of carboxylic acid groups (broad SMARTS) is 1. The van der Waals surface area contributed by atoms with E-state index in [9.17, 15) is 9.59 Å². The van der Waals surface area contributed by atoms with Gasteiger partial charge in [-0.15, -0.1) is 0 Å². The average molecular weight is 194 g/mol. The number of carboxylic acids is 1. The lowest BCUT2D eigenvalue weighted by Gasteiger charge is -2.18. The maximum Gasteiger partial charge on any atom is 0.329 e. The molecule has 1 atom stereocenters. The number of carbonyl (C=O) groups is 2. The fourth-order valence-corrected chi connectivity index (χ4v) is 0.914. The Balaban J connectivity index is 3.18. The van der Waals surface area contributed by atoms with Crippen molar-refractivity contribution in [1.82, 2.24) is 4.98 Å². The second kappa shape index (κ2) is 3.55. The first-order valence-corrected chi connectivity index (χ1v) is 3.92. The van der Waals surface area contributed by atoms with Gasteiger partial charge in [0, 0.05) is 11.8 Å². The maximum atomic E-state index is 10.8. The van der Waals surface area contributed by atoms with Gasteiger partial charge < -0.3 is 10.8 Å². The molecule has 0 aromatic carbocycles. The summed E-state index contributed by atoms with van der Waals surface area (Å²) >= 11 is 0. The first-order chi connectivity index (χ1) is 6.48. The summed E-state index contributed by atoms with van der Waals surface area (Å²) in [5.41, 5.74) is 4.47. The Morgan fingerprint density at radius 2 is 2.36 bits per heavy atom. The van der Waals surface area contributed by atoms with Crippen molar-refractivity contribution in [3.8, 4) is 0 Å². The van der Waals surface area contributed by atoms with E-state index in [0.29, 0.717) is 11.8 Å². The average Bonchev–Trinajstić information content (AvgIpc) is 2.17. The summed E-state index contributed by atoms with van der Waals surface area (Å²) in [4.78, 5) is 25.0. The Morgan fingerprint density at radius 1 is 1.71 bits per heavy atom. The summed E-state index contributed by atoms with van der Waals surface area (Å²) in [6, 6.07) is 2.84. The lowest BCUT2D eigenvalue weighted by atomic mass is 9.98. The van der Waals surface area contributed by atoms with Crippen molar-refractivity contribution in [2.45, 2.75) is 12.5 Å². The van der Waals surface area contributed by atoms with Gasteiger partial charge in [0.15, 0.2) is 5.54 Å². The highest BCUT2D eigenvalue weighted by atomic mass is 16.4. The molecule has 0 aliphatic heterocycles. The number of pyridine rings is 1. The third kappa shape index (κ3) is 1.77. The van der Waals surface area contributed by atoms with E-state index >= 15 is 0 Å². The normalized spacial score (nSPS) is 14.4. The van der Waals surface area contributed by atoms with Crippen LogP contribution in [0.1, 0.15) is 23.0 Å². The molecule has 0 saturated carbocycles. The van der Waals surface area contributed by atoms with Gasteiger partial charge in [-0.1, -0.05) is 0 Å². The van der Waals surface area contributed by atoms with Crippen molar-refractivity contribution in [2.24, 2.45) is 5.73 Å². The topological polar surface area (TPSA) is 93.3 Å². The predicted molar refractivity (Wildman–Crippen MR) is 48.8 cm³/mol. The molecule has 74 valence electrons. The van der Waals surface area contributed by atoms with Crippen molar-refractivity contribution >= 4 is 12.3 Å². The molecule has 1 heterocycles. The number of nitrogens with zero attached hydrogens (tertiary/aromatic N) is 1. The number of nitrogens with two attached hydrogens (primary N) is 1. The molecule has 0 spiro atoms. The Labute approximate surface area is 80.6 Å². The highest BCUT2D eigenvalue weighted by Gasteiger charge is 2.31. The van der Waals surface area contributed by atoms with Crippen molar-refractivity contribution in [3.05, 3.63) is 29.6 Å². The van der Waals surface area contributed by atoms with Gasteiger partial charge in [-0.05, 0) is 19.1 Å². The van der Waals surface area contributed by atoms with Crippen LogP contribution >= 0.6 is 0 Å². The van der Waals surface area contributed by atoms with Gasteiger partial charge in [-0.25, -0.2) is 4.79 Å². The van der Waals surface area contributed by atoms with Crippen LogP contribution < -0.4 is 5.73 Å². The Morgan fingerprint density at radius 3 is 2.86 bits per heavy atom. The zero-order chi connectivity index (χ0) is 10.8. The van der Waals surface area contributed by atoms with Crippen LogP contribution in [0.5, 0.6) is 0 Å². The van der Waals surface area contributed by atoms with Crippen molar-refractivity contribution < 1.29 is 14.7 Å². The summed E-state index contributed by atoms with van der Waals surface area (Å²) in [7, 11) is 0. The molecule has 5 heteroatoms. The van der Waals surface area contributed by atoms with Crippen LogP contribution in [0.3, 0.4) is 0 Å². The van der Waals surface area contributed by atoms with Gasteiger partial charge in [0.1, 0.15) is 6.29 Å². The summed E-state index contributed by atoms with van der Waals surface area (Å²) in [5.74, 6) is -1.19. The lowest BCUT2D eigenvalue weighted by molar-refractivity contribution is -0.143. The SMILES string of the molecule is C[C@@](N)(C(=O)O)c1cc(C=O)ccn1. The van der Waals surface area contributed by atoms with Crippen LogP contribution in [0.4, 0.5) is 0 Å². The Bertz CT molecular complexity index is 374. The third-order valence-corrected chi connectivity index (χ3v) is 1.90. The molecule has 3 N–H and O–H groups in total. The number of aldehydes is 1. The molecule has 1 aromatic heterocycles. The zero-order valence-corrected chi connectivity index (χ0v) is 7.60. The highest BCUT2D eigenvalue weighted by Crippen LogP contribution is 2.15. The van der Waals surface area contributed by atoms with Gasteiger partial charge >= 0.3 is 5.97 Å². The smallest absolute Gasteiger partial charge is 0.329 e. The molecule has 0 radical (unpaired) electrons. The van der Waals surface area contributed by atoms with E-state index in [1.165, 1.54) is 25.3 Å². The first kappa shape index (κ1) is 10.3. The van der Waals surface area contributed by atoms with E-state index in [2.05, 4.69) is 4.98 Å². The van der Waals surface area contributed by atoms with Crippen LogP contribution in [0.2, 0.25) is 0 Å². The standard InChI is InChI=1S/C9H10N2O3/c1-9(10,8(13)14)7-4-6(5-12)2-3-11-7/h2-5H,10H2,1H3,(H,13,14)/t9-/m0/s1. The second-order valence-corrected chi connectivity index (χ2v) is 3.10. The zero-order valence-electron chi connectivity index (χ0n) is 7.60. The fourth-order valence-electron chi connectivity index (χ4n) is 0.914. The van der Waals surface area contributed by atoms with E-state index < -0.39 is 11.5 Å². The monoisotopic (exact) mass is 194 g/mol. The molecular formula is C9H10N2O3. The van der Waals surface area contributed by atoms with Gasteiger partial charge in [-0.3, -0.25) is 9.78 Å². The highest BCUT2D eigenvalue weighted by molar-refractivity contribution is 5.81. The molecule has 1 rings (SSSR count). The lowest BCUT2D eigenvalue weighted by Crippen LogP contribution is -2.42. The summed E-state index contributed by atoms with van der Waals surface area (Å²) < 4.78 is 0. The molecule has 1 aromatic rings. The van der Waals surface area contributed by atoms with E-state index in [0.717, 1.165) is 0 Å². The summed E-state index contributed by atoms with van der Waals surface area (Å²) in [5, 5.41) is 8.80. The molecule has 0 aliphatic carbocycles. The second-order valence-electron chi connectivity index (χ2n) is 3.10. The van der Waals surface area contributed by atoms with Gasteiger partial charge in [-0.2, -0.15) is 0 Å². The van der Waals surface area contributed by atoms with Crippen molar-refractivity contribution in [3.63, 3.8) is 0 Å². The minimum absolute atomic E-state index is 0.162. The molecule has 0 fully saturated rings. The molecule has 5 nitrogen and oxygen atoms in total. The van der Waals surface area contributed by atoms with Crippen molar-refractivity contribution in [1.29, 1.82) is 0 Å². The first-order valence-electron chi connectivity index (χ1n) is 3.92. The number of aromatic nitrogens is 1. The molecule has 14 heavy (non-hydrogen) atoms. The van der Waals surface area contributed by atoms with Gasteiger partial charge in [0.25, 0.3) is 0 Å². The molecule has 0 aliphatic rings. The van der Waals surface area contributed by atoms with E-state index in [-0.39, 0.29) is 5.69 Å². The Hall–Kier alpha value is -1.75. The molecular weight excluding hydrogens is 184 g/mol. The molecule has 0 saturated heterocycles. The maximum absolute atomic E-state index is 10.8. The van der Waals surface area contributed by atoms with E-state index in [1.54, 1.807) is 0 Å². The molecule has 0 bridgehead atoms. The van der Waals surface area contributed by atoms with E-state index in [4.69, 9.17) is 10.8 Å². The van der Waals surface area contributed by atoms with Crippen LogP contribution in [0, 0.1) is 0 Å². The minimum Gasteiger partial charge on any atom is -0.480 e. The van der Waals surface area contributed by atoms with Crippen LogP contribution in [-0.2, 0) is 10.3 Å². The molecule has 0 amide bonds. The quantitative estimate of drug-likeness (QED) is 0.668. The van der Waals surface area contributed by atoms with Crippen LogP contribution in [0.25, 0.3) is 0 Å². The van der Waals surface area contributed by atoms with E-state index in [1.807, 2.05) is 0 Å². The van der Waals surface area contributed by atoms with Gasteiger partial charge in [0.05, 0.1) is 5.69 Å². The number of hydrogen-bond donors (Lipinski definition) is 2. The number of carbonyl (C=O) groups excluding carboxylic acids is 1. The summed E-state index contributed by atoms with van der Waals surface area (Å²) in [6.45, 7) is 1.33. The predicted octanol–water partition coefficient (Wildman–Crippen LogP) is 0.153. The summed E-state index contributed by atoms with van der Waals surface area (Å²) in [6.07, 6.45) is 1.97. The minimum atomic E-state index is -1.57. The Kier molecular flexibility index (Phi) is 2.62. The van der Waals surface area contributed by atoms with Gasteiger partial charge in [0.2, 0.25) is 0 Å². The largest absolute Gasteiger partial charge is 0.480 e. The third-order valence-electron chi connectivity index (χ3n) is 1.90. The number of rotatable bonds is 3. The molecule has 0 unspecified atom stereocenters. The van der Waals surface area contributed by atoms with Crippen LogP contribution in [0.15, 0.2) is 18.3 Å². The number of hydrogen-bond acceptors (Lipinski definition) is 4. The van der Waals surface area contributed by atoms with Crippen molar-refractivity contribution in [2.75, 3.05) is 0 Å². The fraction of sp³-hybridized carbons (Fsp3) is 0.222. The van der Waals surface area contributed by atoms with Crippen LogP contribution in [-0.4, -0.2) is 22.3 Å².